The zero-order chi connectivity index (χ0) is 15.7. The maximum atomic E-state index is 6.69. The van der Waals surface area contributed by atoms with Crippen LogP contribution in [0, 0.1) is 11.8 Å². The van der Waals surface area contributed by atoms with Gasteiger partial charge in [-0.2, -0.15) is 0 Å². The minimum absolute atomic E-state index is 0.144. The Hall–Kier alpha value is 0.577. The lowest BCUT2D eigenvalue weighted by atomic mass is 9.86. The molecule has 0 aromatic rings. The van der Waals surface area contributed by atoms with E-state index >= 15 is 0 Å². The van der Waals surface area contributed by atoms with Crippen LogP contribution in [-0.2, 0) is 13.9 Å². The topological polar surface area (TPSA) is 27.7 Å². The van der Waals surface area contributed by atoms with Gasteiger partial charge in [0.2, 0.25) is 0 Å². The van der Waals surface area contributed by atoms with Crippen LogP contribution in [0.15, 0.2) is 0 Å². The number of halogens is 1. The predicted molar refractivity (Wildman–Crippen MR) is 89.9 cm³/mol. The number of alkyl halides is 1. The monoisotopic (exact) mass is 366 g/mol. The number of ether oxygens (including phenoxy) is 2. The summed E-state index contributed by atoms with van der Waals surface area (Å²) in [6.45, 7) is 15.9. The number of methoxy groups -OCH3 is 1. The molecule has 120 valence electrons. The van der Waals surface area contributed by atoms with Gasteiger partial charge in [0.1, 0.15) is 0 Å². The smallest absolute Gasteiger partial charge is 0.192 e. The average molecular weight is 367 g/mol. The Labute approximate surface area is 134 Å². The lowest BCUT2D eigenvalue weighted by Crippen LogP contribution is -2.56. The van der Waals surface area contributed by atoms with Crippen LogP contribution in [0.3, 0.4) is 0 Å². The molecule has 0 N–H and O–H groups in total. The maximum Gasteiger partial charge on any atom is 0.192 e. The van der Waals surface area contributed by atoms with Crippen molar-refractivity contribution in [3.05, 3.63) is 0 Å². The molecule has 1 fully saturated rings. The van der Waals surface area contributed by atoms with Crippen molar-refractivity contribution in [2.24, 2.45) is 11.8 Å². The second-order valence-corrected chi connectivity index (χ2v) is 12.9. The Morgan fingerprint density at radius 3 is 2.10 bits per heavy atom. The SMILES string of the molecule is CO[C@H]1O[C@H](CBr)[C@H](C)[C@@H](O[Si](C)(C)C(C)(C)C)[C@H]1C. The molecular formula is C15H31BrO3Si. The van der Waals surface area contributed by atoms with Crippen molar-refractivity contribution < 1.29 is 13.9 Å². The molecule has 0 aromatic heterocycles. The molecule has 0 spiro atoms. The van der Waals surface area contributed by atoms with Crippen LogP contribution in [0.2, 0.25) is 18.1 Å². The summed E-state index contributed by atoms with van der Waals surface area (Å²) < 4.78 is 18.2. The van der Waals surface area contributed by atoms with E-state index in [1.807, 2.05) is 0 Å². The van der Waals surface area contributed by atoms with Crippen LogP contribution in [0.1, 0.15) is 34.6 Å². The van der Waals surface area contributed by atoms with Gasteiger partial charge in [-0.05, 0) is 18.1 Å². The normalized spacial score (nSPS) is 36.1. The zero-order valence-corrected chi connectivity index (χ0v) is 16.8. The highest BCUT2D eigenvalue weighted by molar-refractivity contribution is 9.09. The Balaban J connectivity index is 2.94. The molecule has 1 aliphatic rings. The van der Waals surface area contributed by atoms with Crippen LogP contribution < -0.4 is 0 Å². The molecule has 5 atom stereocenters. The molecule has 0 saturated carbocycles. The van der Waals surface area contributed by atoms with Gasteiger partial charge in [-0.25, -0.2) is 0 Å². The van der Waals surface area contributed by atoms with E-state index in [9.17, 15) is 0 Å². The fourth-order valence-electron chi connectivity index (χ4n) is 2.44. The second kappa shape index (κ2) is 6.78. The van der Waals surface area contributed by atoms with Gasteiger partial charge in [0.25, 0.3) is 0 Å². The molecule has 1 saturated heterocycles. The van der Waals surface area contributed by atoms with Crippen LogP contribution in [0.4, 0.5) is 0 Å². The summed E-state index contributed by atoms with van der Waals surface area (Å²) in [5.74, 6) is 0.615. The van der Waals surface area contributed by atoms with E-state index < -0.39 is 8.32 Å². The summed E-state index contributed by atoms with van der Waals surface area (Å²) in [6.07, 6.45) is 0.159. The van der Waals surface area contributed by atoms with E-state index in [-0.39, 0.29) is 29.5 Å². The Bertz CT molecular complexity index is 301. The molecule has 1 rings (SSSR count). The summed E-state index contributed by atoms with van der Waals surface area (Å²) in [4.78, 5) is 0. The summed E-state index contributed by atoms with van der Waals surface area (Å²) in [5, 5.41) is 1.04. The van der Waals surface area contributed by atoms with E-state index in [1.165, 1.54) is 0 Å². The second-order valence-electron chi connectivity index (χ2n) is 7.49. The Morgan fingerprint density at radius 1 is 1.15 bits per heavy atom. The quantitative estimate of drug-likeness (QED) is 0.544. The first-order valence-electron chi connectivity index (χ1n) is 7.47. The third kappa shape index (κ3) is 3.86. The third-order valence-corrected chi connectivity index (χ3v) is 10.1. The lowest BCUT2D eigenvalue weighted by molar-refractivity contribution is -0.243. The maximum absolute atomic E-state index is 6.69. The lowest BCUT2D eigenvalue weighted by Gasteiger charge is -2.48. The first-order valence-corrected chi connectivity index (χ1v) is 11.5. The Morgan fingerprint density at radius 2 is 1.70 bits per heavy atom. The minimum atomic E-state index is -1.79. The van der Waals surface area contributed by atoms with Gasteiger partial charge in [-0.3, -0.25) is 0 Å². The molecule has 3 nitrogen and oxygen atoms in total. The molecule has 0 aliphatic carbocycles. The third-order valence-electron chi connectivity index (χ3n) is 4.98. The fourth-order valence-corrected chi connectivity index (χ4v) is 4.65. The van der Waals surface area contributed by atoms with E-state index in [0.717, 1.165) is 5.33 Å². The van der Waals surface area contributed by atoms with E-state index in [4.69, 9.17) is 13.9 Å². The summed E-state index contributed by atoms with van der Waals surface area (Å²) in [6, 6.07) is 0. The number of hydrogen-bond acceptors (Lipinski definition) is 3. The molecule has 1 aliphatic heterocycles. The Kier molecular flexibility index (Phi) is 6.31. The van der Waals surface area contributed by atoms with E-state index in [2.05, 4.69) is 63.6 Å². The largest absolute Gasteiger partial charge is 0.413 e. The molecule has 5 heteroatoms. The summed E-state index contributed by atoms with van der Waals surface area (Å²) in [5.41, 5.74) is 0. The average Bonchev–Trinajstić information content (AvgIpc) is 2.33. The molecule has 0 bridgehead atoms. The highest BCUT2D eigenvalue weighted by Crippen LogP contribution is 2.42. The van der Waals surface area contributed by atoms with Crippen LogP contribution in [0.25, 0.3) is 0 Å². The zero-order valence-electron chi connectivity index (χ0n) is 14.2. The predicted octanol–water partition coefficient (Wildman–Crippen LogP) is 4.42. The van der Waals surface area contributed by atoms with Gasteiger partial charge in [-0.1, -0.05) is 50.5 Å². The van der Waals surface area contributed by atoms with Gasteiger partial charge in [0, 0.05) is 24.3 Å². The van der Waals surface area contributed by atoms with Gasteiger partial charge < -0.3 is 13.9 Å². The van der Waals surface area contributed by atoms with Crippen molar-refractivity contribution in [1.29, 1.82) is 0 Å². The van der Waals surface area contributed by atoms with E-state index in [0.29, 0.717) is 5.92 Å². The van der Waals surface area contributed by atoms with Crippen LogP contribution in [0.5, 0.6) is 0 Å². The van der Waals surface area contributed by atoms with Crippen molar-refractivity contribution in [2.45, 2.75) is 71.2 Å². The molecule has 20 heavy (non-hydrogen) atoms. The highest BCUT2D eigenvalue weighted by Gasteiger charge is 2.47. The molecule has 0 unspecified atom stereocenters. The van der Waals surface area contributed by atoms with Gasteiger partial charge in [-0.15, -0.1) is 0 Å². The van der Waals surface area contributed by atoms with Gasteiger partial charge in [0.15, 0.2) is 14.6 Å². The van der Waals surface area contributed by atoms with E-state index in [1.54, 1.807) is 7.11 Å². The van der Waals surface area contributed by atoms with Crippen molar-refractivity contribution in [3.8, 4) is 0 Å². The molecular weight excluding hydrogens is 336 g/mol. The fraction of sp³-hybridized carbons (Fsp3) is 1.00. The summed E-state index contributed by atoms with van der Waals surface area (Å²) >= 11 is 3.55. The van der Waals surface area contributed by atoms with Crippen LogP contribution >= 0.6 is 15.9 Å². The number of hydrogen-bond donors (Lipinski definition) is 0. The first-order chi connectivity index (χ1) is 9.05. The molecule has 0 aromatic carbocycles. The molecule has 1 heterocycles. The van der Waals surface area contributed by atoms with Crippen molar-refractivity contribution in [3.63, 3.8) is 0 Å². The first kappa shape index (κ1) is 18.6. The van der Waals surface area contributed by atoms with Crippen LogP contribution in [-0.4, -0.2) is 39.3 Å². The highest BCUT2D eigenvalue weighted by atomic mass is 79.9. The minimum Gasteiger partial charge on any atom is -0.413 e. The van der Waals surface area contributed by atoms with Gasteiger partial charge in [0.05, 0.1) is 12.2 Å². The van der Waals surface area contributed by atoms with Crippen molar-refractivity contribution in [2.75, 3.05) is 12.4 Å². The van der Waals surface area contributed by atoms with Crippen molar-refractivity contribution in [1.82, 2.24) is 0 Å². The van der Waals surface area contributed by atoms with Crippen molar-refractivity contribution >= 4 is 24.2 Å². The standard InChI is InChI=1S/C15H31BrO3Si/c1-10-12(9-16)18-14(17-6)11(2)13(10)19-20(7,8)15(3,4)5/h10-14H,9H2,1-8H3/t10-,11+,12+,13+,14-/m0/s1. The molecule has 0 radical (unpaired) electrons. The van der Waals surface area contributed by atoms with Gasteiger partial charge >= 0.3 is 0 Å². The number of rotatable bonds is 4. The summed E-state index contributed by atoms with van der Waals surface area (Å²) in [7, 11) is -0.0729. The molecule has 0 amide bonds.